The average Bonchev–Trinajstić information content (AvgIpc) is 2.47. The maximum atomic E-state index is 6.15. The van der Waals surface area contributed by atoms with Crippen LogP contribution in [0.4, 0.5) is 0 Å². The van der Waals surface area contributed by atoms with Gasteiger partial charge in [-0.05, 0) is 32.0 Å². The zero-order valence-electron chi connectivity index (χ0n) is 12.3. The Kier molecular flexibility index (Phi) is 5.65. The van der Waals surface area contributed by atoms with Gasteiger partial charge in [-0.3, -0.25) is 0 Å². The van der Waals surface area contributed by atoms with Crippen molar-refractivity contribution in [2.45, 2.75) is 26.0 Å². The SMILES string of the molecule is CCOc1ccccc1OC(c1ccccc1Br)C(C)N. The van der Waals surface area contributed by atoms with Crippen molar-refractivity contribution in [3.8, 4) is 11.5 Å². The minimum atomic E-state index is -0.248. The number of rotatable bonds is 6. The van der Waals surface area contributed by atoms with Crippen LogP contribution in [-0.2, 0) is 0 Å². The molecule has 4 heteroatoms. The molecule has 0 aliphatic carbocycles. The van der Waals surface area contributed by atoms with E-state index in [1.165, 1.54) is 0 Å². The molecule has 0 aliphatic rings. The Balaban J connectivity index is 2.32. The van der Waals surface area contributed by atoms with E-state index in [0.29, 0.717) is 12.4 Å². The molecule has 0 heterocycles. The van der Waals surface area contributed by atoms with Gasteiger partial charge < -0.3 is 15.2 Å². The van der Waals surface area contributed by atoms with Crippen molar-refractivity contribution in [3.05, 3.63) is 58.6 Å². The van der Waals surface area contributed by atoms with E-state index >= 15 is 0 Å². The topological polar surface area (TPSA) is 44.5 Å². The quantitative estimate of drug-likeness (QED) is 0.844. The molecule has 0 radical (unpaired) electrons. The summed E-state index contributed by atoms with van der Waals surface area (Å²) in [5.74, 6) is 1.44. The molecule has 2 unspecified atom stereocenters. The molecule has 0 spiro atoms. The first kappa shape index (κ1) is 15.9. The highest BCUT2D eigenvalue weighted by Gasteiger charge is 2.21. The Morgan fingerprint density at radius 1 is 1.05 bits per heavy atom. The predicted molar refractivity (Wildman–Crippen MR) is 88.8 cm³/mol. The highest BCUT2D eigenvalue weighted by atomic mass is 79.9. The lowest BCUT2D eigenvalue weighted by Gasteiger charge is -2.25. The van der Waals surface area contributed by atoms with E-state index in [1.807, 2.05) is 62.4 Å². The van der Waals surface area contributed by atoms with Crippen LogP contribution < -0.4 is 15.2 Å². The van der Waals surface area contributed by atoms with Crippen LogP contribution in [0.1, 0.15) is 25.5 Å². The molecular formula is C17H20BrNO2. The van der Waals surface area contributed by atoms with E-state index in [4.69, 9.17) is 15.2 Å². The van der Waals surface area contributed by atoms with Crippen molar-refractivity contribution >= 4 is 15.9 Å². The second kappa shape index (κ2) is 7.48. The lowest BCUT2D eigenvalue weighted by molar-refractivity contribution is 0.170. The second-order valence-electron chi connectivity index (χ2n) is 4.80. The fourth-order valence-corrected chi connectivity index (χ4v) is 2.63. The molecule has 0 aromatic heterocycles. The molecule has 0 saturated heterocycles. The van der Waals surface area contributed by atoms with Crippen molar-refractivity contribution < 1.29 is 9.47 Å². The van der Waals surface area contributed by atoms with Gasteiger partial charge in [0.15, 0.2) is 11.5 Å². The maximum Gasteiger partial charge on any atom is 0.162 e. The Hall–Kier alpha value is -1.52. The first-order valence-electron chi connectivity index (χ1n) is 7.02. The van der Waals surface area contributed by atoms with E-state index in [0.717, 1.165) is 15.8 Å². The van der Waals surface area contributed by atoms with Gasteiger partial charge in [0.05, 0.1) is 6.61 Å². The summed E-state index contributed by atoms with van der Waals surface area (Å²) in [6.07, 6.45) is -0.248. The molecule has 112 valence electrons. The van der Waals surface area contributed by atoms with Gasteiger partial charge in [-0.1, -0.05) is 46.3 Å². The Labute approximate surface area is 134 Å². The maximum absolute atomic E-state index is 6.15. The number of benzene rings is 2. The minimum absolute atomic E-state index is 0.154. The summed E-state index contributed by atoms with van der Waals surface area (Å²) in [6.45, 7) is 4.49. The molecule has 2 rings (SSSR count). The summed E-state index contributed by atoms with van der Waals surface area (Å²) in [6, 6.07) is 15.5. The fourth-order valence-electron chi connectivity index (χ4n) is 2.12. The van der Waals surface area contributed by atoms with Crippen LogP contribution in [0.3, 0.4) is 0 Å². The lowest BCUT2D eigenvalue weighted by Crippen LogP contribution is -2.29. The molecule has 2 aromatic rings. The molecule has 2 aromatic carbocycles. The number of para-hydroxylation sites is 2. The van der Waals surface area contributed by atoms with E-state index in [1.54, 1.807) is 0 Å². The zero-order chi connectivity index (χ0) is 15.2. The Morgan fingerprint density at radius 3 is 2.29 bits per heavy atom. The van der Waals surface area contributed by atoms with Crippen LogP contribution >= 0.6 is 15.9 Å². The first-order valence-corrected chi connectivity index (χ1v) is 7.81. The number of hydrogen-bond acceptors (Lipinski definition) is 3. The number of halogens is 1. The third kappa shape index (κ3) is 3.99. The van der Waals surface area contributed by atoms with Gasteiger partial charge in [-0.15, -0.1) is 0 Å². The number of nitrogens with two attached hydrogens (primary N) is 1. The van der Waals surface area contributed by atoms with Gasteiger partial charge in [0.25, 0.3) is 0 Å². The van der Waals surface area contributed by atoms with Crippen molar-refractivity contribution in [2.24, 2.45) is 5.73 Å². The fraction of sp³-hybridized carbons (Fsp3) is 0.294. The van der Waals surface area contributed by atoms with Crippen LogP contribution in [-0.4, -0.2) is 12.6 Å². The molecule has 21 heavy (non-hydrogen) atoms. The van der Waals surface area contributed by atoms with Gasteiger partial charge in [0.1, 0.15) is 6.10 Å². The molecule has 0 fully saturated rings. The normalized spacial score (nSPS) is 13.5. The largest absolute Gasteiger partial charge is 0.490 e. The smallest absolute Gasteiger partial charge is 0.162 e. The van der Waals surface area contributed by atoms with Crippen LogP contribution in [0.5, 0.6) is 11.5 Å². The van der Waals surface area contributed by atoms with Crippen molar-refractivity contribution in [2.75, 3.05) is 6.61 Å². The molecule has 0 aliphatic heterocycles. The molecule has 2 atom stereocenters. The summed E-state index contributed by atoms with van der Waals surface area (Å²) < 4.78 is 12.7. The first-order chi connectivity index (χ1) is 10.1. The number of hydrogen-bond donors (Lipinski definition) is 1. The van der Waals surface area contributed by atoms with Gasteiger partial charge in [-0.25, -0.2) is 0 Å². The number of ether oxygens (including phenoxy) is 2. The molecule has 2 N–H and O–H groups in total. The molecule has 3 nitrogen and oxygen atoms in total. The van der Waals surface area contributed by atoms with Crippen LogP contribution in [0.15, 0.2) is 53.0 Å². The highest BCUT2D eigenvalue weighted by Crippen LogP contribution is 2.34. The lowest BCUT2D eigenvalue weighted by atomic mass is 10.0. The molecule has 0 amide bonds. The van der Waals surface area contributed by atoms with E-state index < -0.39 is 0 Å². The molecule has 0 saturated carbocycles. The molecular weight excluding hydrogens is 330 g/mol. The standard InChI is InChI=1S/C17H20BrNO2/c1-3-20-15-10-6-7-11-16(15)21-17(12(2)19)13-8-4-5-9-14(13)18/h4-12,17H,3,19H2,1-2H3. The van der Waals surface area contributed by atoms with Gasteiger partial charge in [0, 0.05) is 16.1 Å². The van der Waals surface area contributed by atoms with E-state index in [9.17, 15) is 0 Å². The van der Waals surface area contributed by atoms with Crippen molar-refractivity contribution in [1.29, 1.82) is 0 Å². The molecule has 0 bridgehead atoms. The minimum Gasteiger partial charge on any atom is -0.490 e. The van der Waals surface area contributed by atoms with Crippen molar-refractivity contribution in [1.82, 2.24) is 0 Å². The zero-order valence-corrected chi connectivity index (χ0v) is 13.8. The second-order valence-corrected chi connectivity index (χ2v) is 5.65. The summed E-state index contributed by atoms with van der Waals surface area (Å²) in [5, 5.41) is 0. The highest BCUT2D eigenvalue weighted by molar-refractivity contribution is 9.10. The monoisotopic (exact) mass is 349 g/mol. The summed E-state index contributed by atoms with van der Waals surface area (Å²) >= 11 is 3.56. The van der Waals surface area contributed by atoms with Crippen molar-refractivity contribution in [3.63, 3.8) is 0 Å². The van der Waals surface area contributed by atoms with Gasteiger partial charge in [-0.2, -0.15) is 0 Å². The van der Waals surface area contributed by atoms with Crippen LogP contribution in [0, 0.1) is 0 Å². The predicted octanol–water partition coefficient (Wildman–Crippen LogP) is 4.32. The van der Waals surface area contributed by atoms with Gasteiger partial charge >= 0.3 is 0 Å². The van der Waals surface area contributed by atoms with Gasteiger partial charge in [0.2, 0.25) is 0 Å². The summed E-state index contributed by atoms with van der Waals surface area (Å²) in [5.41, 5.74) is 7.15. The third-order valence-electron chi connectivity index (χ3n) is 3.09. The summed E-state index contributed by atoms with van der Waals surface area (Å²) in [4.78, 5) is 0. The van der Waals surface area contributed by atoms with Crippen LogP contribution in [0.25, 0.3) is 0 Å². The van der Waals surface area contributed by atoms with E-state index in [2.05, 4.69) is 15.9 Å². The summed E-state index contributed by atoms with van der Waals surface area (Å²) in [7, 11) is 0. The Morgan fingerprint density at radius 2 is 1.67 bits per heavy atom. The van der Waals surface area contributed by atoms with Crippen LogP contribution in [0.2, 0.25) is 0 Å². The van der Waals surface area contributed by atoms with E-state index in [-0.39, 0.29) is 12.1 Å². The average molecular weight is 350 g/mol. The third-order valence-corrected chi connectivity index (χ3v) is 3.81. The Bertz CT molecular complexity index is 587.